The molecule has 0 fully saturated rings. The maximum atomic E-state index is 12.2. The van der Waals surface area contributed by atoms with Crippen LogP contribution in [0, 0.1) is 0 Å². The molecule has 19 heavy (non-hydrogen) atoms. The number of aromatic nitrogens is 1. The van der Waals surface area contributed by atoms with E-state index in [1.807, 2.05) is 0 Å². The van der Waals surface area contributed by atoms with Crippen LogP contribution in [-0.2, 0) is 10.0 Å². The molecule has 0 radical (unpaired) electrons. The van der Waals surface area contributed by atoms with E-state index in [4.69, 9.17) is 5.73 Å². The third-order valence-electron chi connectivity index (χ3n) is 2.28. The van der Waals surface area contributed by atoms with Crippen molar-refractivity contribution in [3.63, 3.8) is 0 Å². The number of hydrogen-bond donors (Lipinski definition) is 2. The van der Waals surface area contributed by atoms with Crippen LogP contribution in [-0.4, -0.2) is 13.4 Å². The Bertz CT molecular complexity index is 720. The lowest BCUT2D eigenvalue weighted by Crippen LogP contribution is -2.15. The normalized spacial score (nSPS) is 11.3. The molecule has 5 nitrogen and oxygen atoms in total. The van der Waals surface area contributed by atoms with Crippen LogP contribution in [0.2, 0.25) is 0 Å². The molecule has 0 bridgehead atoms. The SMILES string of the molecule is Nc1cc(Br)ccc1S(=O)(=O)Nc1ccncc1Br. The number of nitrogens with zero attached hydrogens (tertiary/aromatic N) is 1. The lowest BCUT2D eigenvalue weighted by atomic mass is 10.3. The molecule has 0 atom stereocenters. The molecule has 1 heterocycles. The van der Waals surface area contributed by atoms with Gasteiger partial charge in [-0.15, -0.1) is 0 Å². The molecule has 0 saturated carbocycles. The highest BCUT2D eigenvalue weighted by Gasteiger charge is 2.18. The lowest BCUT2D eigenvalue weighted by molar-refractivity contribution is 0.601. The van der Waals surface area contributed by atoms with Gasteiger partial charge in [0.15, 0.2) is 0 Å². The summed E-state index contributed by atoms with van der Waals surface area (Å²) < 4.78 is 28.2. The lowest BCUT2D eigenvalue weighted by Gasteiger charge is -2.11. The molecule has 0 saturated heterocycles. The Kier molecular flexibility index (Phi) is 4.12. The van der Waals surface area contributed by atoms with Gasteiger partial charge in [0.1, 0.15) is 4.90 Å². The first-order valence-corrected chi connectivity index (χ1v) is 8.14. The topological polar surface area (TPSA) is 85.1 Å². The monoisotopic (exact) mass is 405 g/mol. The molecular formula is C11H9Br2N3O2S. The Hall–Kier alpha value is -1.12. The fourth-order valence-electron chi connectivity index (χ4n) is 1.42. The molecule has 1 aromatic heterocycles. The fraction of sp³-hybridized carbons (Fsp3) is 0. The van der Waals surface area contributed by atoms with Crippen LogP contribution < -0.4 is 10.5 Å². The van der Waals surface area contributed by atoms with Crippen LogP contribution in [0.1, 0.15) is 0 Å². The van der Waals surface area contributed by atoms with Gasteiger partial charge in [-0.2, -0.15) is 0 Å². The zero-order chi connectivity index (χ0) is 14.0. The molecule has 2 rings (SSSR count). The van der Waals surface area contributed by atoms with Gasteiger partial charge in [-0.05, 0) is 40.2 Å². The van der Waals surface area contributed by atoms with Crippen molar-refractivity contribution in [2.24, 2.45) is 0 Å². The molecule has 0 aliphatic rings. The summed E-state index contributed by atoms with van der Waals surface area (Å²) in [5.41, 5.74) is 6.30. The highest BCUT2D eigenvalue weighted by molar-refractivity contribution is 9.10. The van der Waals surface area contributed by atoms with E-state index in [2.05, 4.69) is 41.6 Å². The molecule has 3 N–H and O–H groups in total. The van der Waals surface area contributed by atoms with Crippen LogP contribution in [0.5, 0.6) is 0 Å². The van der Waals surface area contributed by atoms with E-state index in [9.17, 15) is 8.42 Å². The van der Waals surface area contributed by atoms with Gasteiger partial charge < -0.3 is 5.73 Å². The van der Waals surface area contributed by atoms with E-state index in [0.29, 0.717) is 14.6 Å². The van der Waals surface area contributed by atoms with Crippen molar-refractivity contribution < 1.29 is 8.42 Å². The number of nitrogens with one attached hydrogen (secondary N) is 1. The van der Waals surface area contributed by atoms with Crippen LogP contribution in [0.25, 0.3) is 0 Å². The first-order valence-electron chi connectivity index (χ1n) is 5.07. The van der Waals surface area contributed by atoms with E-state index in [1.54, 1.807) is 12.1 Å². The van der Waals surface area contributed by atoms with E-state index >= 15 is 0 Å². The average Bonchev–Trinajstić information content (AvgIpc) is 2.31. The highest BCUT2D eigenvalue weighted by atomic mass is 79.9. The van der Waals surface area contributed by atoms with Gasteiger partial charge >= 0.3 is 0 Å². The van der Waals surface area contributed by atoms with E-state index in [0.717, 1.165) is 0 Å². The number of rotatable bonds is 3. The molecule has 0 aliphatic carbocycles. The van der Waals surface area contributed by atoms with E-state index in [1.165, 1.54) is 24.5 Å². The number of hydrogen-bond acceptors (Lipinski definition) is 4. The standard InChI is InChI=1S/C11H9Br2N3O2S/c12-7-1-2-11(9(14)5-7)19(17,18)16-10-3-4-15-6-8(10)13/h1-6H,14H2,(H,15,16). The van der Waals surface area contributed by atoms with Crippen LogP contribution >= 0.6 is 31.9 Å². The fourth-order valence-corrected chi connectivity index (χ4v) is 3.48. The third-order valence-corrected chi connectivity index (χ3v) is 4.84. The molecule has 0 aliphatic heterocycles. The van der Waals surface area contributed by atoms with Gasteiger partial charge in [-0.1, -0.05) is 15.9 Å². The summed E-state index contributed by atoms with van der Waals surface area (Å²) in [5.74, 6) is 0. The zero-order valence-corrected chi connectivity index (χ0v) is 13.5. The van der Waals surface area contributed by atoms with Gasteiger partial charge in [0.05, 0.1) is 15.8 Å². The molecule has 0 spiro atoms. The summed E-state index contributed by atoms with van der Waals surface area (Å²) in [4.78, 5) is 3.89. The maximum absolute atomic E-state index is 12.2. The van der Waals surface area contributed by atoms with Crippen molar-refractivity contribution in [1.29, 1.82) is 0 Å². The number of pyridine rings is 1. The Balaban J connectivity index is 2.41. The second kappa shape index (κ2) is 5.48. The van der Waals surface area contributed by atoms with Crippen molar-refractivity contribution >= 4 is 53.3 Å². The van der Waals surface area contributed by atoms with Gasteiger partial charge in [0.2, 0.25) is 0 Å². The summed E-state index contributed by atoms with van der Waals surface area (Å²) in [6.45, 7) is 0. The smallest absolute Gasteiger partial charge is 0.263 e. The number of nitrogens with two attached hydrogens (primary N) is 1. The average molecular weight is 407 g/mol. The summed E-state index contributed by atoms with van der Waals surface area (Å²) in [6.07, 6.45) is 3.00. The Labute approximate surface area is 127 Å². The van der Waals surface area contributed by atoms with Gasteiger partial charge in [0.25, 0.3) is 10.0 Å². The number of sulfonamides is 1. The van der Waals surface area contributed by atoms with E-state index < -0.39 is 10.0 Å². The van der Waals surface area contributed by atoms with Crippen molar-refractivity contribution in [3.05, 3.63) is 45.6 Å². The Morgan fingerprint density at radius 2 is 1.95 bits per heavy atom. The number of halogens is 2. The van der Waals surface area contributed by atoms with Crippen LogP contribution in [0.15, 0.2) is 50.5 Å². The van der Waals surface area contributed by atoms with Crippen molar-refractivity contribution in [1.82, 2.24) is 4.98 Å². The largest absolute Gasteiger partial charge is 0.398 e. The maximum Gasteiger partial charge on any atom is 0.263 e. The van der Waals surface area contributed by atoms with Crippen molar-refractivity contribution in [2.75, 3.05) is 10.5 Å². The van der Waals surface area contributed by atoms with Crippen LogP contribution in [0.4, 0.5) is 11.4 Å². The first kappa shape index (κ1) is 14.3. The van der Waals surface area contributed by atoms with Gasteiger partial charge in [-0.3, -0.25) is 9.71 Å². The van der Waals surface area contributed by atoms with Crippen molar-refractivity contribution in [2.45, 2.75) is 4.90 Å². The Morgan fingerprint density at radius 3 is 2.58 bits per heavy atom. The molecular weight excluding hydrogens is 398 g/mol. The second-order valence-electron chi connectivity index (χ2n) is 3.64. The second-order valence-corrected chi connectivity index (χ2v) is 7.06. The van der Waals surface area contributed by atoms with Gasteiger partial charge in [0, 0.05) is 16.9 Å². The minimum atomic E-state index is -3.74. The molecule has 8 heteroatoms. The predicted octanol–water partition coefficient (Wildman–Crippen LogP) is 2.99. The van der Waals surface area contributed by atoms with Gasteiger partial charge in [-0.25, -0.2) is 8.42 Å². The summed E-state index contributed by atoms with van der Waals surface area (Å²) >= 11 is 6.45. The highest BCUT2D eigenvalue weighted by Crippen LogP contribution is 2.27. The predicted molar refractivity (Wildman–Crippen MR) is 81.3 cm³/mol. The van der Waals surface area contributed by atoms with Crippen molar-refractivity contribution in [3.8, 4) is 0 Å². The summed E-state index contributed by atoms with van der Waals surface area (Å²) in [5, 5.41) is 0. The summed E-state index contributed by atoms with van der Waals surface area (Å²) in [7, 11) is -3.74. The number of nitrogen functional groups attached to an aromatic ring is 1. The minimum absolute atomic E-state index is 0.0272. The van der Waals surface area contributed by atoms with E-state index in [-0.39, 0.29) is 10.6 Å². The zero-order valence-electron chi connectivity index (χ0n) is 9.47. The molecule has 1 aromatic carbocycles. The number of benzene rings is 1. The molecule has 100 valence electrons. The molecule has 0 unspecified atom stereocenters. The Morgan fingerprint density at radius 1 is 1.21 bits per heavy atom. The number of anilines is 2. The third kappa shape index (κ3) is 3.26. The summed E-state index contributed by atoms with van der Waals surface area (Å²) in [6, 6.07) is 6.15. The molecule has 0 amide bonds. The quantitative estimate of drug-likeness (QED) is 0.767. The molecule has 2 aromatic rings. The van der Waals surface area contributed by atoms with Crippen LogP contribution in [0.3, 0.4) is 0 Å². The first-order chi connectivity index (χ1) is 8.90. The minimum Gasteiger partial charge on any atom is -0.398 e.